The lowest BCUT2D eigenvalue weighted by Crippen LogP contribution is -2.46. The van der Waals surface area contributed by atoms with Gasteiger partial charge in [0.1, 0.15) is 0 Å². The third kappa shape index (κ3) is 4.85. The highest BCUT2D eigenvalue weighted by Crippen LogP contribution is 2.10. The Bertz CT molecular complexity index is 386. The predicted octanol–water partition coefficient (Wildman–Crippen LogP) is 1.64. The van der Waals surface area contributed by atoms with Crippen LogP contribution in [0.25, 0.3) is 0 Å². The average Bonchev–Trinajstić information content (AvgIpc) is 2.48. The van der Waals surface area contributed by atoms with E-state index in [-0.39, 0.29) is 0 Å². The lowest BCUT2D eigenvalue weighted by molar-refractivity contribution is 0.124. The van der Waals surface area contributed by atoms with Crippen LogP contribution in [-0.4, -0.2) is 54.1 Å². The van der Waals surface area contributed by atoms with Gasteiger partial charge in [-0.25, -0.2) is 0 Å². The Hall–Kier alpha value is -0.970. The second-order valence-electron chi connectivity index (χ2n) is 5.73. The Kier molecular flexibility index (Phi) is 6.43. The van der Waals surface area contributed by atoms with E-state index in [2.05, 4.69) is 27.8 Å². The molecule has 0 amide bonds. The van der Waals surface area contributed by atoms with Crippen LogP contribution in [0.2, 0.25) is 0 Å². The van der Waals surface area contributed by atoms with Crippen LogP contribution in [-0.2, 0) is 6.54 Å². The quantitative estimate of drug-likeness (QED) is 0.769. The normalized spacial score (nSPS) is 17.5. The molecule has 0 saturated carbocycles. The minimum absolute atomic E-state index is 0.831. The largest absolute Gasteiger partial charge is 0.330 e. The van der Waals surface area contributed by atoms with Crippen LogP contribution >= 0.6 is 0 Å². The van der Waals surface area contributed by atoms with Crippen molar-refractivity contribution in [3.63, 3.8) is 0 Å². The molecule has 2 N–H and O–H groups in total. The number of unbranched alkanes of at least 4 members (excludes halogenated alkanes) is 2. The van der Waals surface area contributed by atoms with E-state index in [0.717, 1.165) is 26.2 Å². The summed E-state index contributed by atoms with van der Waals surface area (Å²) in [6, 6.07) is 4.16. The van der Waals surface area contributed by atoms with Gasteiger partial charge in [-0.3, -0.25) is 9.88 Å². The molecule has 2 heterocycles. The summed E-state index contributed by atoms with van der Waals surface area (Å²) in [7, 11) is 0. The first-order chi connectivity index (χ1) is 9.79. The fourth-order valence-corrected chi connectivity index (χ4v) is 2.72. The van der Waals surface area contributed by atoms with Crippen LogP contribution in [0.3, 0.4) is 0 Å². The highest BCUT2D eigenvalue weighted by atomic mass is 15.3. The molecule has 20 heavy (non-hydrogen) atoms. The number of hydrogen-bond acceptors (Lipinski definition) is 4. The van der Waals surface area contributed by atoms with Crippen LogP contribution < -0.4 is 5.73 Å². The Balaban J connectivity index is 1.68. The monoisotopic (exact) mass is 276 g/mol. The molecule has 1 aromatic heterocycles. The third-order valence-corrected chi connectivity index (χ3v) is 4.13. The van der Waals surface area contributed by atoms with E-state index >= 15 is 0 Å². The van der Waals surface area contributed by atoms with Gasteiger partial charge in [-0.05, 0) is 44.5 Å². The Morgan fingerprint density at radius 3 is 2.55 bits per heavy atom. The van der Waals surface area contributed by atoms with Gasteiger partial charge in [-0.2, -0.15) is 0 Å². The summed E-state index contributed by atoms with van der Waals surface area (Å²) in [5.74, 6) is 0. The van der Waals surface area contributed by atoms with Crippen molar-refractivity contribution in [2.75, 3.05) is 39.3 Å². The van der Waals surface area contributed by atoms with Crippen molar-refractivity contribution < 1.29 is 0 Å². The lowest BCUT2D eigenvalue weighted by atomic mass is 10.2. The second kappa shape index (κ2) is 8.35. The molecule has 2 rings (SSSR count). The van der Waals surface area contributed by atoms with Crippen molar-refractivity contribution in [1.82, 2.24) is 14.8 Å². The van der Waals surface area contributed by atoms with E-state index in [9.17, 15) is 0 Å². The predicted molar refractivity (Wildman–Crippen MR) is 83.6 cm³/mol. The molecule has 4 nitrogen and oxygen atoms in total. The molecule has 0 spiro atoms. The molecule has 1 aliphatic rings. The zero-order valence-electron chi connectivity index (χ0n) is 12.7. The van der Waals surface area contributed by atoms with Crippen molar-refractivity contribution in [3.8, 4) is 0 Å². The first kappa shape index (κ1) is 15.4. The Morgan fingerprint density at radius 1 is 1.10 bits per heavy atom. The zero-order chi connectivity index (χ0) is 14.2. The van der Waals surface area contributed by atoms with Crippen molar-refractivity contribution in [1.29, 1.82) is 0 Å². The van der Waals surface area contributed by atoms with Crippen LogP contribution in [0.1, 0.15) is 30.5 Å². The van der Waals surface area contributed by atoms with E-state index in [1.807, 2.05) is 12.3 Å². The molecule has 0 bridgehead atoms. The summed E-state index contributed by atoms with van der Waals surface area (Å²) in [6.45, 7) is 9.90. The minimum Gasteiger partial charge on any atom is -0.330 e. The fourth-order valence-electron chi connectivity index (χ4n) is 2.72. The van der Waals surface area contributed by atoms with Crippen molar-refractivity contribution in [3.05, 3.63) is 29.6 Å². The molecule has 0 radical (unpaired) electrons. The van der Waals surface area contributed by atoms with Crippen molar-refractivity contribution >= 4 is 0 Å². The standard InChI is InChI=1S/C16H28N4/c1-15-6-5-8-18-16(15)14-20-12-10-19(11-13-20)9-4-2-3-7-17/h5-6,8H,2-4,7,9-14,17H2,1H3. The maximum absolute atomic E-state index is 5.53. The van der Waals surface area contributed by atoms with Crippen LogP contribution in [0, 0.1) is 6.92 Å². The molecule has 4 heteroatoms. The minimum atomic E-state index is 0.831. The van der Waals surface area contributed by atoms with Gasteiger partial charge in [0, 0.05) is 38.9 Å². The maximum Gasteiger partial charge on any atom is 0.0573 e. The number of nitrogens with two attached hydrogens (primary N) is 1. The van der Waals surface area contributed by atoms with Gasteiger partial charge >= 0.3 is 0 Å². The molecule has 0 atom stereocenters. The van der Waals surface area contributed by atoms with Gasteiger partial charge in [0.25, 0.3) is 0 Å². The number of nitrogens with zero attached hydrogens (tertiary/aromatic N) is 3. The summed E-state index contributed by atoms with van der Waals surface area (Å²) >= 11 is 0. The molecule has 0 aromatic carbocycles. The molecule has 1 saturated heterocycles. The number of piperazine rings is 1. The molecular formula is C16H28N4. The SMILES string of the molecule is Cc1cccnc1CN1CCN(CCCCCN)CC1. The summed E-state index contributed by atoms with van der Waals surface area (Å²) in [5, 5.41) is 0. The van der Waals surface area contributed by atoms with Gasteiger partial charge < -0.3 is 10.6 Å². The Labute approximate surface area is 123 Å². The highest BCUT2D eigenvalue weighted by molar-refractivity contribution is 5.17. The molecule has 0 aliphatic carbocycles. The maximum atomic E-state index is 5.53. The number of aryl methyl sites for hydroxylation is 1. The lowest BCUT2D eigenvalue weighted by Gasteiger charge is -2.34. The van der Waals surface area contributed by atoms with Crippen molar-refractivity contribution in [2.45, 2.75) is 32.7 Å². The van der Waals surface area contributed by atoms with Gasteiger partial charge in [0.15, 0.2) is 0 Å². The van der Waals surface area contributed by atoms with Crippen molar-refractivity contribution in [2.24, 2.45) is 5.73 Å². The topological polar surface area (TPSA) is 45.4 Å². The van der Waals surface area contributed by atoms with Gasteiger partial charge in [0.05, 0.1) is 5.69 Å². The smallest absolute Gasteiger partial charge is 0.0573 e. The number of hydrogen-bond donors (Lipinski definition) is 1. The first-order valence-electron chi connectivity index (χ1n) is 7.85. The summed E-state index contributed by atoms with van der Waals surface area (Å²) in [5.41, 5.74) is 8.05. The second-order valence-corrected chi connectivity index (χ2v) is 5.73. The molecule has 0 unspecified atom stereocenters. The molecule has 1 aromatic rings. The Morgan fingerprint density at radius 2 is 1.85 bits per heavy atom. The summed E-state index contributed by atoms with van der Waals surface area (Å²) in [4.78, 5) is 9.60. The average molecular weight is 276 g/mol. The molecule has 112 valence electrons. The van der Waals surface area contributed by atoms with Crippen LogP contribution in [0.4, 0.5) is 0 Å². The zero-order valence-corrected chi connectivity index (χ0v) is 12.7. The van der Waals surface area contributed by atoms with Crippen LogP contribution in [0.15, 0.2) is 18.3 Å². The van der Waals surface area contributed by atoms with E-state index in [0.29, 0.717) is 0 Å². The number of aromatic nitrogens is 1. The van der Waals surface area contributed by atoms with Gasteiger partial charge in [-0.15, -0.1) is 0 Å². The van der Waals surface area contributed by atoms with Gasteiger partial charge in [0.2, 0.25) is 0 Å². The molecule has 1 fully saturated rings. The van der Waals surface area contributed by atoms with E-state index in [1.165, 1.54) is 50.2 Å². The van der Waals surface area contributed by atoms with Gasteiger partial charge in [-0.1, -0.05) is 12.5 Å². The van der Waals surface area contributed by atoms with E-state index in [4.69, 9.17) is 5.73 Å². The molecule has 1 aliphatic heterocycles. The molecular weight excluding hydrogens is 248 g/mol. The highest BCUT2D eigenvalue weighted by Gasteiger charge is 2.17. The summed E-state index contributed by atoms with van der Waals surface area (Å²) in [6.07, 6.45) is 5.62. The fraction of sp³-hybridized carbons (Fsp3) is 0.688. The first-order valence-corrected chi connectivity index (χ1v) is 7.85. The van der Waals surface area contributed by atoms with E-state index in [1.54, 1.807) is 0 Å². The summed E-state index contributed by atoms with van der Waals surface area (Å²) < 4.78 is 0. The third-order valence-electron chi connectivity index (χ3n) is 4.13. The van der Waals surface area contributed by atoms with Crippen LogP contribution in [0.5, 0.6) is 0 Å². The van der Waals surface area contributed by atoms with E-state index < -0.39 is 0 Å². The number of rotatable bonds is 7. The number of pyridine rings is 1.